The van der Waals surface area contributed by atoms with Crippen LogP contribution >= 0.6 is 11.6 Å². The number of carbonyl (C=O) groups is 2. The lowest BCUT2D eigenvalue weighted by Crippen LogP contribution is -2.46. The van der Waals surface area contributed by atoms with Crippen LogP contribution in [0.25, 0.3) is 0 Å². The van der Waals surface area contributed by atoms with Gasteiger partial charge in [0.25, 0.3) is 5.91 Å². The first kappa shape index (κ1) is 27.5. The van der Waals surface area contributed by atoms with Crippen LogP contribution in [0.3, 0.4) is 0 Å². The van der Waals surface area contributed by atoms with Gasteiger partial charge in [-0.15, -0.1) is 0 Å². The summed E-state index contributed by atoms with van der Waals surface area (Å²) in [6.45, 7) is 4.53. The molecule has 1 saturated heterocycles. The van der Waals surface area contributed by atoms with Crippen molar-refractivity contribution in [3.05, 3.63) is 53.4 Å². The van der Waals surface area contributed by atoms with Crippen molar-refractivity contribution in [1.29, 1.82) is 0 Å². The van der Waals surface area contributed by atoms with Crippen molar-refractivity contribution in [2.45, 2.75) is 69.9 Å². The van der Waals surface area contributed by atoms with E-state index in [0.717, 1.165) is 0 Å². The van der Waals surface area contributed by atoms with Crippen molar-refractivity contribution in [1.82, 2.24) is 14.7 Å². The molecule has 0 bridgehead atoms. The van der Waals surface area contributed by atoms with Gasteiger partial charge in [-0.1, -0.05) is 23.7 Å². The second-order valence-corrected chi connectivity index (χ2v) is 11.0. The molecule has 2 amide bonds. The molecule has 3 aliphatic rings. The minimum Gasteiger partial charge on any atom is -0.458 e. The lowest BCUT2D eigenvalue weighted by molar-refractivity contribution is -0.139. The van der Waals surface area contributed by atoms with Crippen LogP contribution in [-0.4, -0.2) is 69.9 Å². The Kier molecular flexibility index (Phi) is 7.93. The Labute approximate surface area is 230 Å². The van der Waals surface area contributed by atoms with E-state index in [2.05, 4.69) is 10.4 Å². The van der Waals surface area contributed by atoms with Crippen LogP contribution in [-0.2, 0) is 25.6 Å². The summed E-state index contributed by atoms with van der Waals surface area (Å²) in [7, 11) is 0. The van der Waals surface area contributed by atoms with Gasteiger partial charge >= 0.3 is 0 Å². The molecule has 5 rings (SSSR count). The summed E-state index contributed by atoms with van der Waals surface area (Å²) in [6.07, 6.45) is -0.236. The predicted octanol–water partition coefficient (Wildman–Crippen LogP) is 4.28. The summed E-state index contributed by atoms with van der Waals surface area (Å²) < 4.78 is 46.7. The fourth-order valence-electron chi connectivity index (χ4n) is 5.22. The van der Waals surface area contributed by atoms with Gasteiger partial charge in [0.2, 0.25) is 5.91 Å². The average molecular weight is 565 g/mol. The normalized spacial score (nSPS) is 27.1. The molecule has 1 unspecified atom stereocenters. The number of hydrogen-bond donors (Lipinski definition) is 1. The fraction of sp³-hybridized carbons (Fsp3) is 0.519. The molecule has 0 radical (unpaired) electrons. The zero-order valence-electron chi connectivity index (χ0n) is 21.7. The third-order valence-corrected chi connectivity index (χ3v) is 7.38. The molecular weight excluding hydrogens is 534 g/mol. The highest BCUT2D eigenvalue weighted by Crippen LogP contribution is 2.36. The van der Waals surface area contributed by atoms with E-state index in [1.165, 1.54) is 11.0 Å². The van der Waals surface area contributed by atoms with Gasteiger partial charge in [0, 0.05) is 18.3 Å². The maximum absolute atomic E-state index is 13.9. The maximum atomic E-state index is 13.9. The first-order valence-corrected chi connectivity index (χ1v) is 13.3. The van der Waals surface area contributed by atoms with Crippen LogP contribution in [0.4, 0.5) is 14.6 Å². The number of amides is 2. The quantitative estimate of drug-likeness (QED) is 0.489. The molecule has 5 atom stereocenters. The number of nitrogens with one attached hydrogen (secondary N) is 1. The lowest BCUT2D eigenvalue weighted by atomic mass is 9.96. The Bertz CT molecular complexity index is 1240. The Hall–Kier alpha value is -3.02. The molecule has 39 heavy (non-hydrogen) atoms. The van der Waals surface area contributed by atoms with Gasteiger partial charge in [-0.05, 0) is 51.2 Å². The van der Waals surface area contributed by atoms with E-state index in [9.17, 15) is 18.4 Å². The summed E-state index contributed by atoms with van der Waals surface area (Å²) >= 11 is 6.18. The van der Waals surface area contributed by atoms with Gasteiger partial charge in [-0.25, -0.2) is 8.78 Å². The average Bonchev–Trinajstić information content (AvgIpc) is 3.63. The fourth-order valence-corrected chi connectivity index (χ4v) is 5.39. The van der Waals surface area contributed by atoms with E-state index in [1.807, 2.05) is 13.8 Å². The molecule has 2 aliphatic heterocycles. The Morgan fingerprint density at radius 3 is 2.69 bits per heavy atom. The molecular formula is C27H31ClF2N4O5. The highest BCUT2D eigenvalue weighted by atomic mass is 35.5. The Balaban J connectivity index is 1.27. The van der Waals surface area contributed by atoms with Gasteiger partial charge in [0.05, 0.1) is 24.7 Å². The maximum Gasteiger partial charge on any atom is 0.251 e. The molecule has 1 aromatic carbocycles. The highest BCUT2D eigenvalue weighted by molar-refractivity contribution is 6.32. The van der Waals surface area contributed by atoms with E-state index in [0.29, 0.717) is 29.7 Å². The van der Waals surface area contributed by atoms with E-state index in [-0.39, 0.29) is 37.7 Å². The van der Waals surface area contributed by atoms with E-state index < -0.39 is 41.9 Å². The van der Waals surface area contributed by atoms with Crippen molar-refractivity contribution < 1.29 is 32.6 Å². The number of hydrogen-bond acceptors (Lipinski definition) is 6. The third kappa shape index (κ3) is 6.59. The monoisotopic (exact) mass is 564 g/mol. The minimum absolute atomic E-state index is 0.00216. The van der Waals surface area contributed by atoms with Gasteiger partial charge in [-0.3, -0.25) is 14.3 Å². The lowest BCUT2D eigenvalue weighted by Gasteiger charge is -2.29. The summed E-state index contributed by atoms with van der Waals surface area (Å²) in [5.74, 6) is -1.01. The van der Waals surface area contributed by atoms with E-state index >= 15 is 0 Å². The first-order chi connectivity index (χ1) is 18.6. The molecule has 1 aliphatic carbocycles. The molecule has 9 nitrogen and oxygen atoms in total. The predicted molar refractivity (Wildman–Crippen MR) is 139 cm³/mol. The Morgan fingerprint density at radius 1 is 1.26 bits per heavy atom. The molecule has 1 aromatic heterocycles. The SMILES string of the molecule is CC1(C)OC[C@@H](Cn2ccc(NC(=O)C(C[C@@H]3C[C@@H](F)[C@@H](F)C3)N3CC(Oc4ccccc4Cl)=CC3=O)n2)O1. The number of benzene rings is 1. The number of aromatic nitrogens is 2. The van der Waals surface area contributed by atoms with Crippen molar-refractivity contribution in [3.63, 3.8) is 0 Å². The van der Waals surface area contributed by atoms with Crippen LogP contribution in [0.15, 0.2) is 48.4 Å². The second kappa shape index (κ2) is 11.2. The molecule has 0 spiro atoms. The minimum atomic E-state index is -1.58. The molecule has 2 aromatic rings. The number of carbonyl (C=O) groups excluding carboxylic acids is 2. The van der Waals surface area contributed by atoms with Gasteiger partial charge in [0.1, 0.15) is 36.0 Å². The molecule has 12 heteroatoms. The standard InChI is InChI=1S/C27H31ClF2N4O5/c1-27(2)37-15-18(39-27)13-33-8-7-24(32-33)31-26(36)22(11-16-9-20(29)21(30)10-16)34-14-17(12-25(34)35)38-23-6-4-3-5-19(23)28/h3-8,12,16,18,20-22H,9-11,13-15H2,1-2H3,(H,31,32,36)/t16-,18-,20-,21+,22?/m1/s1. The largest absolute Gasteiger partial charge is 0.458 e. The topological polar surface area (TPSA) is 94.9 Å². The second-order valence-electron chi connectivity index (χ2n) is 10.6. The van der Waals surface area contributed by atoms with Crippen LogP contribution in [0.1, 0.15) is 33.1 Å². The number of rotatable bonds is 9. The third-order valence-electron chi connectivity index (χ3n) is 7.07. The van der Waals surface area contributed by atoms with Gasteiger partial charge in [-0.2, -0.15) is 5.10 Å². The zero-order chi connectivity index (χ0) is 27.7. The number of alkyl halides is 2. The molecule has 1 saturated carbocycles. The Morgan fingerprint density at radius 2 is 2.00 bits per heavy atom. The molecule has 2 fully saturated rings. The van der Waals surface area contributed by atoms with Crippen molar-refractivity contribution in [3.8, 4) is 5.75 Å². The molecule has 1 N–H and O–H groups in total. The van der Waals surface area contributed by atoms with Crippen LogP contribution < -0.4 is 10.1 Å². The first-order valence-electron chi connectivity index (χ1n) is 12.9. The van der Waals surface area contributed by atoms with Gasteiger partial charge in [0.15, 0.2) is 11.6 Å². The summed E-state index contributed by atoms with van der Waals surface area (Å²) in [5.41, 5.74) is 0. The highest BCUT2D eigenvalue weighted by Gasteiger charge is 2.41. The molecule has 3 heterocycles. The van der Waals surface area contributed by atoms with Crippen LogP contribution in [0.2, 0.25) is 5.02 Å². The number of ether oxygens (including phenoxy) is 3. The number of nitrogens with zero attached hydrogens (tertiary/aromatic N) is 3. The number of halogens is 3. The smallest absolute Gasteiger partial charge is 0.251 e. The van der Waals surface area contributed by atoms with E-state index in [4.69, 9.17) is 25.8 Å². The van der Waals surface area contributed by atoms with Crippen LogP contribution in [0.5, 0.6) is 5.75 Å². The number of para-hydroxylation sites is 1. The number of anilines is 1. The van der Waals surface area contributed by atoms with Gasteiger partial charge < -0.3 is 24.4 Å². The molecule has 210 valence electrons. The van der Waals surface area contributed by atoms with Crippen LogP contribution in [0, 0.1) is 5.92 Å². The van der Waals surface area contributed by atoms with Crippen molar-refractivity contribution in [2.24, 2.45) is 5.92 Å². The van der Waals surface area contributed by atoms with Crippen molar-refractivity contribution in [2.75, 3.05) is 18.5 Å². The summed E-state index contributed by atoms with van der Waals surface area (Å²) in [6, 6.07) is 7.48. The van der Waals surface area contributed by atoms with E-state index in [1.54, 1.807) is 41.2 Å². The zero-order valence-corrected chi connectivity index (χ0v) is 22.4. The van der Waals surface area contributed by atoms with Crippen molar-refractivity contribution >= 4 is 29.2 Å². The summed E-state index contributed by atoms with van der Waals surface area (Å²) in [5, 5.41) is 7.54. The summed E-state index contributed by atoms with van der Waals surface area (Å²) in [4.78, 5) is 27.8.